The topological polar surface area (TPSA) is 76.0 Å². The van der Waals surface area contributed by atoms with Gasteiger partial charge in [0.05, 0.1) is 24.2 Å². The zero-order valence-electron chi connectivity index (χ0n) is 19.6. The molecule has 2 N–H and O–H groups in total. The molecule has 1 aliphatic heterocycles. The van der Waals surface area contributed by atoms with E-state index in [2.05, 4.69) is 15.7 Å². The smallest absolute Gasteiger partial charge is 0.345 e. The van der Waals surface area contributed by atoms with Crippen molar-refractivity contribution in [2.75, 3.05) is 5.32 Å². The van der Waals surface area contributed by atoms with Crippen LogP contribution >= 0.6 is 22.9 Å². The summed E-state index contributed by atoms with van der Waals surface area (Å²) in [4.78, 5) is 26.0. The number of fused-ring (bicyclic) bond motifs is 1. The molecule has 0 saturated heterocycles. The Morgan fingerprint density at radius 1 is 1.15 bits per heavy atom. The van der Waals surface area contributed by atoms with Crippen molar-refractivity contribution in [1.82, 2.24) is 15.1 Å². The summed E-state index contributed by atoms with van der Waals surface area (Å²) >= 11 is 7.12. The maximum absolute atomic E-state index is 14.2. The molecule has 208 valence electrons. The summed E-state index contributed by atoms with van der Waals surface area (Å²) in [7, 11) is 0. The molecule has 2 aromatic heterocycles. The van der Waals surface area contributed by atoms with E-state index < -0.39 is 53.3 Å². The number of alkyl halides is 5. The third kappa shape index (κ3) is 5.28. The summed E-state index contributed by atoms with van der Waals surface area (Å²) in [6.07, 6.45) is -3.08. The molecule has 0 bridgehead atoms. The van der Waals surface area contributed by atoms with Gasteiger partial charge in [-0.05, 0) is 42.0 Å². The minimum absolute atomic E-state index is 0.0112. The molecule has 40 heavy (non-hydrogen) atoms. The first-order valence-electron chi connectivity index (χ1n) is 11.2. The molecule has 3 heterocycles. The first-order chi connectivity index (χ1) is 18.8. The Morgan fingerprint density at radius 2 is 1.90 bits per heavy atom. The molecular formula is C25H14ClF7N4O2S. The largest absolute Gasteiger partial charge is 0.416 e. The number of nitrogens with zero attached hydrogens (tertiary/aromatic N) is 2. The van der Waals surface area contributed by atoms with Crippen molar-refractivity contribution >= 4 is 39.8 Å². The molecule has 1 unspecified atom stereocenters. The highest BCUT2D eigenvalue weighted by Crippen LogP contribution is 2.48. The van der Waals surface area contributed by atoms with E-state index in [1.807, 2.05) is 0 Å². The van der Waals surface area contributed by atoms with E-state index in [4.69, 9.17) is 11.6 Å². The van der Waals surface area contributed by atoms with Crippen molar-refractivity contribution in [3.05, 3.63) is 93.3 Å². The Labute approximate surface area is 229 Å². The number of aromatic nitrogens is 2. The number of rotatable bonds is 5. The Kier molecular flexibility index (Phi) is 7.08. The normalized spacial score (nSPS) is 15.2. The van der Waals surface area contributed by atoms with Gasteiger partial charge in [0.15, 0.2) is 0 Å². The summed E-state index contributed by atoms with van der Waals surface area (Å²) < 4.78 is 94.6. The Balaban J connectivity index is 1.66. The monoisotopic (exact) mass is 602 g/mol. The molecule has 0 fully saturated rings. The van der Waals surface area contributed by atoms with Crippen molar-refractivity contribution in [2.45, 2.75) is 25.2 Å². The van der Waals surface area contributed by atoms with Gasteiger partial charge in [-0.25, -0.2) is 13.5 Å². The fourth-order valence-corrected chi connectivity index (χ4v) is 5.77. The molecule has 15 heteroatoms. The highest BCUT2D eigenvalue weighted by molar-refractivity contribution is 7.20. The van der Waals surface area contributed by atoms with Crippen molar-refractivity contribution < 1.29 is 40.3 Å². The third-order valence-corrected chi connectivity index (χ3v) is 7.58. The van der Waals surface area contributed by atoms with Gasteiger partial charge in [0.2, 0.25) is 5.91 Å². The number of thiophene rings is 1. The number of carbonyl (C=O) groups excluding carboxylic acids is 2. The Morgan fingerprint density at radius 3 is 2.58 bits per heavy atom. The summed E-state index contributed by atoms with van der Waals surface area (Å²) in [6.45, 7) is -2.97. The molecule has 1 aliphatic rings. The van der Waals surface area contributed by atoms with Gasteiger partial charge in [0, 0.05) is 38.4 Å². The summed E-state index contributed by atoms with van der Waals surface area (Å²) in [5.74, 6) is -3.65. The van der Waals surface area contributed by atoms with Crippen LogP contribution in [0.25, 0.3) is 10.4 Å². The van der Waals surface area contributed by atoms with Crippen LogP contribution in [0.3, 0.4) is 0 Å². The van der Waals surface area contributed by atoms with Gasteiger partial charge in [-0.1, -0.05) is 11.6 Å². The van der Waals surface area contributed by atoms with Crippen LogP contribution in [0, 0.1) is 11.6 Å². The molecule has 1 atom stereocenters. The van der Waals surface area contributed by atoms with E-state index in [9.17, 15) is 40.3 Å². The van der Waals surface area contributed by atoms with Crippen LogP contribution in [0.1, 0.15) is 45.2 Å². The maximum atomic E-state index is 14.2. The Hall–Kier alpha value is -3.91. The van der Waals surface area contributed by atoms with E-state index in [-0.39, 0.29) is 49.6 Å². The van der Waals surface area contributed by atoms with Crippen molar-refractivity contribution in [3.63, 3.8) is 0 Å². The number of anilines is 1. The number of hydrogen-bond acceptors (Lipinski definition) is 4. The number of nitrogens with one attached hydrogen (secondary N) is 2. The molecule has 4 aromatic rings. The van der Waals surface area contributed by atoms with Crippen LogP contribution < -0.4 is 10.6 Å². The van der Waals surface area contributed by atoms with Crippen molar-refractivity contribution in [2.24, 2.45) is 0 Å². The van der Waals surface area contributed by atoms with Gasteiger partial charge in [-0.2, -0.15) is 27.1 Å². The summed E-state index contributed by atoms with van der Waals surface area (Å²) in [5.41, 5.74) is -1.30. The first kappa shape index (κ1) is 27.6. The third-order valence-electron chi connectivity index (χ3n) is 6.03. The molecule has 0 aliphatic carbocycles. The van der Waals surface area contributed by atoms with Crippen molar-refractivity contribution in [3.8, 4) is 10.4 Å². The van der Waals surface area contributed by atoms with E-state index in [0.717, 1.165) is 35.9 Å². The predicted molar refractivity (Wildman–Crippen MR) is 131 cm³/mol. The highest BCUT2D eigenvalue weighted by atomic mass is 35.5. The quantitative estimate of drug-likeness (QED) is 0.242. The van der Waals surface area contributed by atoms with Crippen LogP contribution in [0.5, 0.6) is 0 Å². The lowest BCUT2D eigenvalue weighted by molar-refractivity contribution is -0.137. The second kappa shape index (κ2) is 10.2. The van der Waals surface area contributed by atoms with E-state index in [1.165, 1.54) is 6.07 Å². The van der Waals surface area contributed by atoms with Crippen LogP contribution in [0.2, 0.25) is 5.02 Å². The first-order valence-corrected chi connectivity index (χ1v) is 12.4. The van der Waals surface area contributed by atoms with Gasteiger partial charge in [0.1, 0.15) is 16.6 Å². The molecular weight excluding hydrogens is 589 g/mol. The summed E-state index contributed by atoms with van der Waals surface area (Å²) in [6, 6.07) is 3.57. The minimum atomic E-state index is -4.93. The second-order valence-corrected chi connectivity index (χ2v) is 10.1. The average molecular weight is 603 g/mol. The van der Waals surface area contributed by atoms with Gasteiger partial charge in [-0.15, -0.1) is 11.3 Å². The molecule has 2 aromatic carbocycles. The molecule has 0 saturated carbocycles. The summed E-state index contributed by atoms with van der Waals surface area (Å²) in [5, 5.41) is 8.72. The van der Waals surface area contributed by atoms with Gasteiger partial charge >= 0.3 is 12.7 Å². The molecule has 0 spiro atoms. The Bertz CT molecular complexity index is 1650. The number of halogens is 8. The van der Waals surface area contributed by atoms with Crippen molar-refractivity contribution in [1.29, 1.82) is 0 Å². The van der Waals surface area contributed by atoms with Crippen LogP contribution in [-0.4, -0.2) is 21.6 Å². The lowest BCUT2D eigenvalue weighted by Crippen LogP contribution is -2.36. The molecule has 5 rings (SSSR count). The average Bonchev–Trinajstić information content (AvgIpc) is 3.49. The maximum Gasteiger partial charge on any atom is 0.416 e. The number of benzene rings is 2. The zero-order chi connectivity index (χ0) is 28.9. The number of amides is 2. The molecule has 2 amide bonds. The number of hydrogen-bond donors (Lipinski definition) is 2. The standard InChI is InChI=1S/C25H14ClF7N4O2S/c26-17-2-1-13(27)6-15(17)20-19-16(7-18(38)35-20)21(11-8-34-37(9-11)24(29)30)40-23(19)36-22(39)10-3-12(25(31,32)33)5-14(28)4-10/h1-6,8-9,20,24H,7H2,(H,35,38)(H,36,39). The van der Waals surface area contributed by atoms with E-state index in [1.54, 1.807) is 0 Å². The van der Waals surface area contributed by atoms with Crippen LogP contribution in [0.15, 0.2) is 48.8 Å². The predicted octanol–water partition coefficient (Wildman–Crippen LogP) is 6.97. The lowest BCUT2D eigenvalue weighted by atomic mass is 9.90. The van der Waals surface area contributed by atoms with E-state index >= 15 is 0 Å². The fourth-order valence-electron chi connectivity index (χ4n) is 4.32. The fraction of sp³-hybridized carbons (Fsp3) is 0.160. The molecule has 0 radical (unpaired) electrons. The van der Waals surface area contributed by atoms with Gasteiger partial charge in [-0.3, -0.25) is 9.59 Å². The van der Waals surface area contributed by atoms with Crippen LogP contribution in [0.4, 0.5) is 35.7 Å². The second-order valence-electron chi connectivity index (χ2n) is 8.66. The van der Waals surface area contributed by atoms with Crippen LogP contribution in [-0.2, 0) is 17.4 Å². The highest BCUT2D eigenvalue weighted by Gasteiger charge is 2.36. The van der Waals surface area contributed by atoms with Gasteiger partial charge < -0.3 is 10.6 Å². The van der Waals surface area contributed by atoms with E-state index in [0.29, 0.717) is 16.8 Å². The van der Waals surface area contributed by atoms with Gasteiger partial charge in [0.25, 0.3) is 5.91 Å². The lowest BCUT2D eigenvalue weighted by Gasteiger charge is -2.27. The molecule has 6 nitrogen and oxygen atoms in total. The minimum Gasteiger partial charge on any atom is -0.345 e. The number of carbonyl (C=O) groups is 2. The SMILES string of the molecule is O=C1Cc2c(-c3cnn(C(F)F)c3)sc(NC(=O)c3cc(F)cc(C(F)(F)F)c3)c2C(c2cc(F)ccc2Cl)N1. The zero-order valence-corrected chi connectivity index (χ0v) is 21.2.